The maximum Gasteiger partial charge on any atom is 0.124 e. The molecule has 0 spiro atoms. The van der Waals surface area contributed by atoms with Crippen molar-refractivity contribution in [3.63, 3.8) is 0 Å². The van der Waals surface area contributed by atoms with Crippen LogP contribution in [0.5, 0.6) is 5.75 Å². The summed E-state index contributed by atoms with van der Waals surface area (Å²) in [5.74, 6) is 2.26. The molecule has 4 rings (SSSR count). The first kappa shape index (κ1) is 13.2. The van der Waals surface area contributed by atoms with Crippen LogP contribution < -0.4 is 10.1 Å². The van der Waals surface area contributed by atoms with Gasteiger partial charge in [0.2, 0.25) is 0 Å². The Morgan fingerprint density at radius 2 is 1.95 bits per heavy atom. The van der Waals surface area contributed by atoms with Gasteiger partial charge < -0.3 is 10.1 Å². The Labute approximate surface area is 129 Å². The van der Waals surface area contributed by atoms with E-state index in [-0.39, 0.29) is 6.10 Å². The third-order valence-electron chi connectivity index (χ3n) is 4.22. The summed E-state index contributed by atoms with van der Waals surface area (Å²) in [6.07, 6.45) is 2.36. The number of benzene rings is 2. The number of hydrogen-bond donors (Lipinski definition) is 1. The minimum absolute atomic E-state index is 0.198. The lowest BCUT2D eigenvalue weighted by Gasteiger charge is -2.27. The highest BCUT2D eigenvalue weighted by Gasteiger charge is 2.23. The fraction of sp³-hybridized carbons (Fsp3) is 0.333. The van der Waals surface area contributed by atoms with Crippen LogP contribution in [-0.2, 0) is 6.42 Å². The number of hydrogen-bond acceptors (Lipinski definition) is 3. The molecule has 0 aliphatic carbocycles. The van der Waals surface area contributed by atoms with Crippen LogP contribution in [0.1, 0.15) is 34.6 Å². The van der Waals surface area contributed by atoms with Crippen molar-refractivity contribution in [2.45, 2.75) is 24.3 Å². The molecular weight excluding hydrogens is 278 g/mol. The third kappa shape index (κ3) is 2.68. The van der Waals surface area contributed by atoms with Gasteiger partial charge in [0.15, 0.2) is 0 Å². The summed E-state index contributed by atoms with van der Waals surface area (Å²) < 4.78 is 6.21. The quantitative estimate of drug-likeness (QED) is 0.902. The first-order valence-corrected chi connectivity index (χ1v) is 8.64. The molecule has 1 fully saturated rings. The first-order chi connectivity index (χ1) is 10.4. The Hall–Kier alpha value is -1.45. The van der Waals surface area contributed by atoms with E-state index in [2.05, 4.69) is 53.8 Å². The molecule has 2 aliphatic heterocycles. The fourth-order valence-corrected chi connectivity index (χ4v) is 4.16. The van der Waals surface area contributed by atoms with Crippen LogP contribution >= 0.6 is 11.8 Å². The highest BCUT2D eigenvalue weighted by atomic mass is 32.2. The summed E-state index contributed by atoms with van der Waals surface area (Å²) in [6.45, 7) is 1.11. The maximum absolute atomic E-state index is 6.21. The molecule has 2 atom stereocenters. The normalized spacial score (nSPS) is 24.4. The Morgan fingerprint density at radius 1 is 1.05 bits per heavy atom. The third-order valence-corrected chi connectivity index (χ3v) is 5.43. The molecule has 2 unspecified atom stereocenters. The Kier molecular flexibility index (Phi) is 3.62. The zero-order valence-electron chi connectivity index (χ0n) is 11.9. The van der Waals surface area contributed by atoms with Gasteiger partial charge in [0.1, 0.15) is 11.9 Å². The second kappa shape index (κ2) is 5.74. The molecule has 2 aliphatic rings. The van der Waals surface area contributed by atoms with Crippen LogP contribution in [0.2, 0.25) is 0 Å². The van der Waals surface area contributed by atoms with Crippen LogP contribution in [0.4, 0.5) is 0 Å². The SMILES string of the molecule is c1ccc(C2CCc3cc(C4NCCS4)ccc3O2)cc1. The van der Waals surface area contributed by atoms with Crippen molar-refractivity contribution in [1.82, 2.24) is 5.32 Å². The largest absolute Gasteiger partial charge is 0.485 e. The van der Waals surface area contributed by atoms with Gasteiger partial charge in [0.25, 0.3) is 0 Å². The second-order valence-electron chi connectivity index (χ2n) is 5.63. The van der Waals surface area contributed by atoms with Gasteiger partial charge in [0, 0.05) is 12.3 Å². The molecule has 1 N–H and O–H groups in total. The molecule has 1 saturated heterocycles. The highest BCUT2D eigenvalue weighted by molar-refractivity contribution is 7.99. The lowest BCUT2D eigenvalue weighted by molar-refractivity contribution is 0.176. The van der Waals surface area contributed by atoms with E-state index in [0.29, 0.717) is 5.37 Å². The molecule has 3 heteroatoms. The Bertz CT molecular complexity index is 622. The van der Waals surface area contributed by atoms with Crippen molar-refractivity contribution in [3.05, 3.63) is 65.2 Å². The van der Waals surface area contributed by atoms with Crippen molar-refractivity contribution >= 4 is 11.8 Å². The van der Waals surface area contributed by atoms with Crippen LogP contribution in [0.25, 0.3) is 0 Å². The minimum atomic E-state index is 0.198. The summed E-state index contributed by atoms with van der Waals surface area (Å²) in [5.41, 5.74) is 4.02. The number of nitrogens with one attached hydrogen (secondary N) is 1. The van der Waals surface area contributed by atoms with Gasteiger partial charge in [-0.3, -0.25) is 0 Å². The number of fused-ring (bicyclic) bond motifs is 1. The van der Waals surface area contributed by atoms with E-state index in [1.54, 1.807) is 0 Å². The van der Waals surface area contributed by atoms with E-state index in [4.69, 9.17) is 4.74 Å². The fourth-order valence-electron chi connectivity index (χ4n) is 3.11. The molecule has 2 aromatic carbocycles. The van der Waals surface area contributed by atoms with E-state index in [0.717, 1.165) is 25.1 Å². The molecule has 0 amide bonds. The van der Waals surface area contributed by atoms with Gasteiger partial charge in [-0.2, -0.15) is 0 Å². The predicted molar refractivity (Wildman–Crippen MR) is 87.8 cm³/mol. The van der Waals surface area contributed by atoms with Crippen molar-refractivity contribution < 1.29 is 4.74 Å². The first-order valence-electron chi connectivity index (χ1n) is 7.59. The Morgan fingerprint density at radius 3 is 2.76 bits per heavy atom. The van der Waals surface area contributed by atoms with Crippen LogP contribution in [0.15, 0.2) is 48.5 Å². The molecule has 0 aromatic heterocycles. The van der Waals surface area contributed by atoms with Crippen LogP contribution in [-0.4, -0.2) is 12.3 Å². The zero-order valence-corrected chi connectivity index (χ0v) is 12.7. The summed E-state index contributed by atoms with van der Waals surface area (Å²) >= 11 is 1.99. The highest BCUT2D eigenvalue weighted by Crippen LogP contribution is 2.38. The number of thioether (sulfide) groups is 1. The summed E-state index contributed by atoms with van der Waals surface area (Å²) in [7, 11) is 0. The molecule has 108 valence electrons. The van der Waals surface area contributed by atoms with Gasteiger partial charge in [-0.25, -0.2) is 0 Å². The minimum Gasteiger partial charge on any atom is -0.485 e. The monoisotopic (exact) mass is 297 g/mol. The van der Waals surface area contributed by atoms with E-state index in [1.165, 1.54) is 22.4 Å². The second-order valence-corrected chi connectivity index (χ2v) is 6.84. The summed E-state index contributed by atoms with van der Waals surface area (Å²) in [6, 6.07) is 17.2. The van der Waals surface area contributed by atoms with Crippen molar-refractivity contribution in [1.29, 1.82) is 0 Å². The van der Waals surface area contributed by atoms with Crippen LogP contribution in [0.3, 0.4) is 0 Å². The summed E-state index contributed by atoms with van der Waals surface area (Å²) in [4.78, 5) is 0. The predicted octanol–water partition coefficient (Wildman–Crippen LogP) is 4.09. The molecule has 2 heterocycles. The molecular formula is C18H19NOS. The van der Waals surface area contributed by atoms with Gasteiger partial charge in [-0.1, -0.05) is 36.4 Å². The topological polar surface area (TPSA) is 21.3 Å². The molecule has 21 heavy (non-hydrogen) atoms. The molecule has 0 radical (unpaired) electrons. The lowest BCUT2D eigenvalue weighted by atomic mass is 9.96. The molecule has 2 nitrogen and oxygen atoms in total. The smallest absolute Gasteiger partial charge is 0.124 e. The maximum atomic E-state index is 6.21. The average Bonchev–Trinajstić information content (AvgIpc) is 3.09. The molecule has 2 aromatic rings. The molecule has 0 bridgehead atoms. The molecule has 0 saturated carbocycles. The van der Waals surface area contributed by atoms with Crippen molar-refractivity contribution in [2.75, 3.05) is 12.3 Å². The van der Waals surface area contributed by atoms with Gasteiger partial charge in [0.05, 0.1) is 5.37 Å². The number of aryl methyl sites for hydroxylation is 1. The average molecular weight is 297 g/mol. The van der Waals surface area contributed by atoms with Gasteiger partial charge in [-0.05, 0) is 41.7 Å². The number of rotatable bonds is 2. The lowest BCUT2D eigenvalue weighted by Crippen LogP contribution is -2.16. The zero-order chi connectivity index (χ0) is 14.1. The van der Waals surface area contributed by atoms with Crippen molar-refractivity contribution in [3.8, 4) is 5.75 Å². The standard InChI is InChI=1S/C18H19NOS/c1-2-4-13(5-3-1)16-8-6-14-12-15(7-9-17(14)20-16)18-19-10-11-21-18/h1-5,7,9,12,16,18-19H,6,8,10-11H2. The van der Waals surface area contributed by atoms with E-state index >= 15 is 0 Å². The van der Waals surface area contributed by atoms with Gasteiger partial charge in [-0.15, -0.1) is 11.8 Å². The van der Waals surface area contributed by atoms with Gasteiger partial charge >= 0.3 is 0 Å². The summed E-state index contributed by atoms with van der Waals surface area (Å²) in [5, 5.41) is 4.00. The Balaban J connectivity index is 1.56. The van der Waals surface area contributed by atoms with Crippen LogP contribution in [0, 0.1) is 0 Å². The van der Waals surface area contributed by atoms with Crippen molar-refractivity contribution in [2.24, 2.45) is 0 Å². The van der Waals surface area contributed by atoms with E-state index in [9.17, 15) is 0 Å². The van der Waals surface area contributed by atoms with E-state index in [1.807, 2.05) is 11.8 Å². The number of ether oxygens (including phenoxy) is 1. The van der Waals surface area contributed by atoms with E-state index < -0.39 is 0 Å².